The Morgan fingerprint density at radius 3 is 1.67 bits per heavy atom. The Kier molecular flexibility index (Phi) is 2.25. The lowest BCUT2D eigenvalue weighted by atomic mass is 11.6. The van der Waals surface area contributed by atoms with Crippen molar-refractivity contribution in [3.8, 4) is 0 Å². The van der Waals surface area contributed by atoms with Crippen molar-refractivity contribution in [2.45, 2.75) is 5.51 Å². The zero-order valence-electron chi connectivity index (χ0n) is 3.97. The van der Waals surface area contributed by atoms with Gasteiger partial charge in [-0.1, -0.05) is 0 Å². The molecular formula is CH2F3O3SSi. The van der Waals surface area contributed by atoms with Gasteiger partial charge in [-0.05, 0) is 0 Å². The summed E-state index contributed by atoms with van der Waals surface area (Å²) in [6.07, 6.45) is 0. The maximum atomic E-state index is 11.1. The molecule has 0 saturated carbocycles. The fraction of sp³-hybridized carbons (Fsp3) is 1.00. The molecule has 0 aromatic heterocycles. The van der Waals surface area contributed by atoms with Gasteiger partial charge >= 0.3 is 15.6 Å². The van der Waals surface area contributed by atoms with E-state index in [0.29, 0.717) is 0 Å². The zero-order valence-corrected chi connectivity index (χ0v) is 6.20. The second kappa shape index (κ2) is 2.27. The third-order valence-electron chi connectivity index (χ3n) is 0.439. The highest BCUT2D eigenvalue weighted by Crippen LogP contribution is 2.23. The molecule has 8 heteroatoms. The van der Waals surface area contributed by atoms with E-state index in [1.54, 1.807) is 0 Å². The van der Waals surface area contributed by atoms with Crippen LogP contribution in [0.4, 0.5) is 13.2 Å². The van der Waals surface area contributed by atoms with E-state index in [-0.39, 0.29) is 10.5 Å². The third-order valence-corrected chi connectivity index (χ3v) is 2.25. The van der Waals surface area contributed by atoms with Gasteiger partial charge in [-0.2, -0.15) is 21.6 Å². The second-order valence-corrected chi connectivity index (χ2v) is 3.33. The Labute approximate surface area is 52.5 Å². The van der Waals surface area contributed by atoms with Gasteiger partial charge in [-0.3, -0.25) is 0 Å². The molecule has 0 rings (SSSR count). The van der Waals surface area contributed by atoms with Crippen molar-refractivity contribution in [1.82, 2.24) is 0 Å². The van der Waals surface area contributed by atoms with Crippen LogP contribution >= 0.6 is 0 Å². The van der Waals surface area contributed by atoms with Crippen LogP contribution in [0.3, 0.4) is 0 Å². The lowest BCUT2D eigenvalue weighted by molar-refractivity contribution is -0.0497. The van der Waals surface area contributed by atoms with E-state index < -0.39 is 15.6 Å². The van der Waals surface area contributed by atoms with E-state index in [9.17, 15) is 21.6 Å². The highest BCUT2D eigenvalue weighted by Gasteiger charge is 2.45. The number of alkyl halides is 3. The molecule has 0 unspecified atom stereocenters. The van der Waals surface area contributed by atoms with Crippen LogP contribution in [-0.2, 0) is 14.0 Å². The van der Waals surface area contributed by atoms with Gasteiger partial charge in [0.1, 0.15) is 0 Å². The van der Waals surface area contributed by atoms with Gasteiger partial charge in [-0.25, -0.2) is 0 Å². The summed E-state index contributed by atoms with van der Waals surface area (Å²) in [5.74, 6) is 0. The Bertz CT molecular complexity index is 180. The monoisotopic (exact) mass is 179 g/mol. The van der Waals surface area contributed by atoms with E-state index >= 15 is 0 Å². The van der Waals surface area contributed by atoms with Gasteiger partial charge in [0, 0.05) is 0 Å². The van der Waals surface area contributed by atoms with Crippen molar-refractivity contribution >= 4 is 20.6 Å². The first-order valence-corrected chi connectivity index (χ1v) is 3.55. The summed E-state index contributed by atoms with van der Waals surface area (Å²) in [4.78, 5) is 0. The minimum absolute atomic E-state index is 0.262. The molecule has 0 amide bonds. The minimum atomic E-state index is -5.32. The van der Waals surface area contributed by atoms with Crippen molar-refractivity contribution in [2.24, 2.45) is 0 Å². The predicted molar refractivity (Wildman–Crippen MR) is 24.6 cm³/mol. The van der Waals surface area contributed by atoms with Crippen LogP contribution in [0.1, 0.15) is 0 Å². The first-order valence-electron chi connectivity index (χ1n) is 1.56. The molecule has 0 aromatic rings. The molecule has 0 aromatic carbocycles. The van der Waals surface area contributed by atoms with E-state index in [2.05, 4.69) is 3.87 Å². The molecule has 0 atom stereocenters. The number of hydrogen-bond donors (Lipinski definition) is 0. The minimum Gasteiger partial charge on any atom is -0.317 e. The topological polar surface area (TPSA) is 43.4 Å². The van der Waals surface area contributed by atoms with Crippen molar-refractivity contribution in [1.29, 1.82) is 0 Å². The number of halogens is 3. The predicted octanol–water partition coefficient (Wildman–Crippen LogP) is -0.599. The van der Waals surface area contributed by atoms with Crippen LogP contribution in [0.15, 0.2) is 0 Å². The first kappa shape index (κ1) is 8.92. The molecule has 0 saturated heterocycles. The zero-order chi connectivity index (χ0) is 7.71. The van der Waals surface area contributed by atoms with Gasteiger partial charge < -0.3 is 3.87 Å². The molecule has 0 aliphatic rings. The summed E-state index contributed by atoms with van der Waals surface area (Å²) in [6, 6.07) is 0. The fourth-order valence-corrected chi connectivity index (χ4v) is 0.601. The number of rotatable bonds is 1. The highest BCUT2D eigenvalue weighted by molar-refractivity contribution is 7.88. The lowest BCUT2D eigenvalue weighted by Gasteiger charge is -2.03. The van der Waals surface area contributed by atoms with Crippen molar-refractivity contribution < 1.29 is 25.5 Å². The fourth-order valence-electron chi connectivity index (χ4n) is 0.0668. The summed E-state index contributed by atoms with van der Waals surface area (Å²) in [6.45, 7) is 0. The van der Waals surface area contributed by atoms with Crippen molar-refractivity contribution in [3.63, 3.8) is 0 Å². The summed E-state index contributed by atoms with van der Waals surface area (Å²) < 4.78 is 55.9. The molecule has 0 heterocycles. The molecule has 0 spiro atoms. The van der Waals surface area contributed by atoms with Gasteiger partial charge in [-0.15, -0.1) is 0 Å². The normalized spacial score (nSPS) is 13.8. The Hall–Kier alpha value is -0.0831. The number of hydrogen-bond acceptors (Lipinski definition) is 3. The maximum absolute atomic E-state index is 11.1. The Balaban J connectivity index is 4.57. The van der Waals surface area contributed by atoms with Gasteiger partial charge in [0.05, 0.1) is 0 Å². The third kappa shape index (κ3) is 1.95. The molecule has 0 bridgehead atoms. The average Bonchev–Trinajstić information content (AvgIpc) is 1.64. The van der Waals surface area contributed by atoms with Gasteiger partial charge in [0.15, 0.2) is 0 Å². The van der Waals surface area contributed by atoms with Crippen molar-refractivity contribution in [3.05, 3.63) is 0 Å². The smallest absolute Gasteiger partial charge is 0.317 e. The van der Waals surface area contributed by atoms with Crippen LogP contribution in [0.25, 0.3) is 0 Å². The maximum Gasteiger partial charge on any atom is 0.522 e. The van der Waals surface area contributed by atoms with E-state index in [1.165, 1.54) is 0 Å². The van der Waals surface area contributed by atoms with Gasteiger partial charge in [0.25, 0.3) is 0 Å². The first-order chi connectivity index (χ1) is 3.81. The largest absolute Gasteiger partial charge is 0.522 e. The average molecular weight is 179 g/mol. The standard InChI is InChI=1S/CH2F3O3SSi/c2-1(3,4)8(5,6)7-9/h9H2. The van der Waals surface area contributed by atoms with E-state index in [1.807, 2.05) is 0 Å². The molecule has 55 valence electrons. The van der Waals surface area contributed by atoms with E-state index in [4.69, 9.17) is 0 Å². The van der Waals surface area contributed by atoms with Gasteiger partial charge in [0.2, 0.25) is 10.5 Å². The molecule has 0 aliphatic heterocycles. The van der Waals surface area contributed by atoms with E-state index in [0.717, 1.165) is 0 Å². The summed E-state index contributed by atoms with van der Waals surface area (Å²) >= 11 is 0. The molecular weight excluding hydrogens is 177 g/mol. The highest BCUT2D eigenvalue weighted by atomic mass is 32.2. The molecule has 0 N–H and O–H groups in total. The van der Waals surface area contributed by atoms with Crippen LogP contribution in [0.2, 0.25) is 0 Å². The van der Waals surface area contributed by atoms with Crippen molar-refractivity contribution in [2.75, 3.05) is 0 Å². The molecule has 3 nitrogen and oxygen atoms in total. The molecule has 9 heavy (non-hydrogen) atoms. The lowest BCUT2D eigenvalue weighted by Crippen LogP contribution is -2.24. The summed E-state index contributed by atoms with van der Waals surface area (Å²) in [5.41, 5.74) is -5.30. The quantitative estimate of drug-likeness (QED) is 0.399. The van der Waals surface area contributed by atoms with Crippen LogP contribution in [0, 0.1) is 0 Å². The van der Waals surface area contributed by atoms with Crippen LogP contribution < -0.4 is 0 Å². The Morgan fingerprint density at radius 1 is 1.33 bits per heavy atom. The SMILES string of the molecule is O=S(=O)(O[SiH2])C(F)(F)F. The van der Waals surface area contributed by atoms with Crippen LogP contribution in [0.5, 0.6) is 0 Å². The molecule has 0 fully saturated rings. The van der Waals surface area contributed by atoms with Crippen LogP contribution in [-0.4, -0.2) is 24.4 Å². The summed E-state index contributed by atoms with van der Waals surface area (Å²) in [5, 5.41) is 0. The Morgan fingerprint density at radius 2 is 1.67 bits per heavy atom. The second-order valence-electron chi connectivity index (χ2n) is 1.02. The molecule has 0 aliphatic carbocycles. The summed E-state index contributed by atoms with van der Waals surface area (Å²) in [7, 11) is -5.06. The molecule has 1 radical (unpaired) electrons.